The number of hydrogen-bond donors (Lipinski definition) is 2. The first-order chi connectivity index (χ1) is 11.7. The van der Waals surface area contributed by atoms with E-state index in [-0.39, 0.29) is 6.10 Å². The predicted octanol–water partition coefficient (Wildman–Crippen LogP) is 2.39. The number of piperidine rings is 1. The van der Waals surface area contributed by atoms with Gasteiger partial charge in [0.2, 0.25) is 0 Å². The maximum atomic E-state index is 9.46. The van der Waals surface area contributed by atoms with Gasteiger partial charge in [-0.05, 0) is 57.5 Å². The van der Waals surface area contributed by atoms with E-state index in [1.165, 1.54) is 12.8 Å². The monoisotopic (exact) mass is 346 g/mol. The first-order valence-corrected chi connectivity index (χ1v) is 9.55. The largest absolute Gasteiger partial charge is 0.392 e. The zero-order chi connectivity index (χ0) is 16.8. The molecule has 1 aliphatic rings. The van der Waals surface area contributed by atoms with Crippen LogP contribution in [-0.2, 0) is 6.54 Å². The van der Waals surface area contributed by atoms with Gasteiger partial charge in [-0.15, -0.1) is 11.3 Å². The molecule has 2 aromatic rings. The predicted molar refractivity (Wildman–Crippen MR) is 97.9 cm³/mol. The third-order valence-electron chi connectivity index (χ3n) is 4.40. The van der Waals surface area contributed by atoms with Gasteiger partial charge < -0.3 is 15.3 Å². The second-order valence-corrected chi connectivity index (χ2v) is 7.44. The molecule has 130 valence electrons. The minimum atomic E-state index is -0.224. The van der Waals surface area contributed by atoms with Crippen LogP contribution in [0.2, 0.25) is 0 Å². The standard InChI is InChI=1S/C18H26N4OS/c1-14(23)12-22-8-5-15(6-9-22)10-19-11-16-13-24-18(21-16)17-4-2-3-7-20-17/h2-4,7,13-15,19,23H,5-6,8-12H2,1H3/t14-/m0/s1. The molecule has 3 heterocycles. The quantitative estimate of drug-likeness (QED) is 0.806. The number of thiazole rings is 1. The van der Waals surface area contributed by atoms with Crippen LogP contribution >= 0.6 is 11.3 Å². The first kappa shape index (κ1) is 17.5. The van der Waals surface area contributed by atoms with Gasteiger partial charge in [-0.3, -0.25) is 4.98 Å². The SMILES string of the molecule is C[C@H](O)CN1CCC(CNCc2csc(-c3ccccn3)n2)CC1. The van der Waals surface area contributed by atoms with E-state index >= 15 is 0 Å². The van der Waals surface area contributed by atoms with Crippen molar-refractivity contribution in [2.24, 2.45) is 5.92 Å². The summed E-state index contributed by atoms with van der Waals surface area (Å²) in [5.41, 5.74) is 2.03. The fourth-order valence-electron chi connectivity index (χ4n) is 3.15. The van der Waals surface area contributed by atoms with Crippen LogP contribution in [0.1, 0.15) is 25.5 Å². The lowest BCUT2D eigenvalue weighted by molar-refractivity contribution is 0.0998. The maximum Gasteiger partial charge on any atom is 0.142 e. The Bertz CT molecular complexity index is 608. The molecule has 0 aromatic carbocycles. The highest BCUT2D eigenvalue weighted by Crippen LogP contribution is 2.21. The summed E-state index contributed by atoms with van der Waals surface area (Å²) in [7, 11) is 0. The Balaban J connectivity index is 1.39. The zero-order valence-electron chi connectivity index (χ0n) is 14.2. The van der Waals surface area contributed by atoms with Gasteiger partial charge >= 0.3 is 0 Å². The van der Waals surface area contributed by atoms with Crippen LogP contribution in [0.3, 0.4) is 0 Å². The fourth-order valence-corrected chi connectivity index (χ4v) is 3.94. The average Bonchev–Trinajstić information content (AvgIpc) is 3.06. The number of nitrogens with one attached hydrogen (secondary N) is 1. The second-order valence-electron chi connectivity index (χ2n) is 6.58. The van der Waals surface area contributed by atoms with E-state index < -0.39 is 0 Å². The van der Waals surface area contributed by atoms with Gasteiger partial charge in [-0.2, -0.15) is 0 Å². The lowest BCUT2D eigenvalue weighted by Crippen LogP contribution is -2.40. The summed E-state index contributed by atoms with van der Waals surface area (Å²) in [5, 5.41) is 16.1. The Morgan fingerprint density at radius 1 is 1.38 bits per heavy atom. The molecule has 3 rings (SSSR count). The highest BCUT2D eigenvalue weighted by Gasteiger charge is 2.19. The van der Waals surface area contributed by atoms with E-state index in [0.717, 1.165) is 55.0 Å². The van der Waals surface area contributed by atoms with Crippen molar-refractivity contribution in [2.75, 3.05) is 26.2 Å². The molecule has 2 aromatic heterocycles. The van der Waals surface area contributed by atoms with E-state index in [9.17, 15) is 5.11 Å². The number of aliphatic hydroxyl groups is 1. The summed E-state index contributed by atoms with van der Waals surface area (Å²) in [6, 6.07) is 5.91. The van der Waals surface area contributed by atoms with Crippen LogP contribution in [0.4, 0.5) is 0 Å². The van der Waals surface area contributed by atoms with Gasteiger partial charge in [0.1, 0.15) is 5.01 Å². The summed E-state index contributed by atoms with van der Waals surface area (Å²) in [6.07, 6.45) is 3.99. The number of likely N-dealkylation sites (tertiary alicyclic amines) is 1. The van der Waals surface area contributed by atoms with Gasteiger partial charge in [-0.1, -0.05) is 6.07 Å². The van der Waals surface area contributed by atoms with Gasteiger partial charge in [0, 0.05) is 24.7 Å². The van der Waals surface area contributed by atoms with E-state index in [1.54, 1.807) is 17.5 Å². The Morgan fingerprint density at radius 2 is 2.21 bits per heavy atom. The summed E-state index contributed by atoms with van der Waals surface area (Å²) in [4.78, 5) is 11.4. The van der Waals surface area contributed by atoms with Gasteiger partial charge in [0.15, 0.2) is 0 Å². The molecule has 0 bridgehead atoms. The zero-order valence-corrected chi connectivity index (χ0v) is 15.0. The number of aromatic nitrogens is 2. The van der Waals surface area contributed by atoms with Crippen molar-refractivity contribution >= 4 is 11.3 Å². The van der Waals surface area contributed by atoms with Crippen LogP contribution in [0, 0.1) is 5.92 Å². The summed E-state index contributed by atoms with van der Waals surface area (Å²) in [6.45, 7) is 6.71. The van der Waals surface area contributed by atoms with E-state index in [1.807, 2.05) is 25.1 Å². The molecule has 24 heavy (non-hydrogen) atoms. The van der Waals surface area contributed by atoms with Crippen LogP contribution in [0.15, 0.2) is 29.8 Å². The molecular formula is C18H26N4OS. The normalized spacial score (nSPS) is 17.9. The number of pyridine rings is 1. The first-order valence-electron chi connectivity index (χ1n) is 8.67. The lowest BCUT2D eigenvalue weighted by atomic mass is 9.96. The van der Waals surface area contributed by atoms with Crippen molar-refractivity contribution in [3.05, 3.63) is 35.5 Å². The number of nitrogens with zero attached hydrogens (tertiary/aromatic N) is 3. The Labute approximate surface area is 147 Å². The van der Waals surface area contributed by atoms with Crippen LogP contribution < -0.4 is 5.32 Å². The van der Waals surface area contributed by atoms with Crippen molar-refractivity contribution in [1.82, 2.24) is 20.2 Å². The van der Waals surface area contributed by atoms with Crippen LogP contribution in [-0.4, -0.2) is 52.3 Å². The molecule has 0 unspecified atom stereocenters. The maximum absolute atomic E-state index is 9.46. The molecule has 0 saturated carbocycles. The molecule has 5 nitrogen and oxygen atoms in total. The Hall–Kier alpha value is -1.34. The highest BCUT2D eigenvalue weighted by atomic mass is 32.1. The summed E-state index contributed by atoms with van der Waals surface area (Å²) >= 11 is 1.65. The van der Waals surface area contributed by atoms with Crippen molar-refractivity contribution in [2.45, 2.75) is 32.4 Å². The molecule has 6 heteroatoms. The smallest absolute Gasteiger partial charge is 0.142 e. The molecule has 1 aliphatic heterocycles. The third kappa shape index (κ3) is 5.08. The Kier molecular flexibility index (Phi) is 6.31. The fraction of sp³-hybridized carbons (Fsp3) is 0.556. The minimum Gasteiger partial charge on any atom is -0.392 e. The average molecular weight is 347 g/mol. The van der Waals surface area contributed by atoms with Gasteiger partial charge in [-0.25, -0.2) is 4.98 Å². The molecule has 1 atom stereocenters. The van der Waals surface area contributed by atoms with E-state index in [4.69, 9.17) is 0 Å². The highest BCUT2D eigenvalue weighted by molar-refractivity contribution is 7.13. The number of hydrogen-bond acceptors (Lipinski definition) is 6. The third-order valence-corrected chi connectivity index (χ3v) is 5.32. The number of aliphatic hydroxyl groups excluding tert-OH is 1. The molecule has 2 N–H and O–H groups in total. The molecule has 0 aliphatic carbocycles. The van der Waals surface area contributed by atoms with Crippen molar-refractivity contribution in [3.63, 3.8) is 0 Å². The van der Waals surface area contributed by atoms with Crippen LogP contribution in [0.25, 0.3) is 10.7 Å². The second kappa shape index (κ2) is 8.67. The summed E-state index contributed by atoms with van der Waals surface area (Å²) < 4.78 is 0. The molecule has 1 saturated heterocycles. The molecule has 0 radical (unpaired) electrons. The summed E-state index contributed by atoms with van der Waals surface area (Å²) in [5.74, 6) is 0.726. The lowest BCUT2D eigenvalue weighted by Gasteiger charge is -2.32. The van der Waals surface area contributed by atoms with Crippen molar-refractivity contribution < 1.29 is 5.11 Å². The topological polar surface area (TPSA) is 61.3 Å². The molecule has 0 amide bonds. The van der Waals surface area contributed by atoms with Gasteiger partial charge in [0.25, 0.3) is 0 Å². The van der Waals surface area contributed by atoms with Crippen LogP contribution in [0.5, 0.6) is 0 Å². The molecular weight excluding hydrogens is 320 g/mol. The van der Waals surface area contributed by atoms with Crippen molar-refractivity contribution in [1.29, 1.82) is 0 Å². The number of β-amino-alcohol motifs (C(OH)–C–C–N with tert-alkyl or cyclic N) is 1. The van der Waals surface area contributed by atoms with E-state index in [2.05, 4.69) is 25.6 Å². The number of rotatable bonds is 7. The van der Waals surface area contributed by atoms with Crippen molar-refractivity contribution in [3.8, 4) is 10.7 Å². The molecule has 0 spiro atoms. The van der Waals surface area contributed by atoms with Gasteiger partial charge in [0.05, 0.1) is 17.5 Å². The molecule has 1 fully saturated rings. The Morgan fingerprint density at radius 3 is 2.92 bits per heavy atom. The minimum absolute atomic E-state index is 0.224. The van der Waals surface area contributed by atoms with E-state index in [0.29, 0.717) is 0 Å².